The van der Waals surface area contributed by atoms with E-state index in [2.05, 4.69) is 40.5 Å². The van der Waals surface area contributed by atoms with Gasteiger partial charge >= 0.3 is 0 Å². The molecule has 0 spiro atoms. The third-order valence-corrected chi connectivity index (χ3v) is 4.69. The zero-order valence-electron chi connectivity index (χ0n) is 14.0. The van der Waals surface area contributed by atoms with Gasteiger partial charge in [-0.15, -0.1) is 0 Å². The molecule has 0 bridgehead atoms. The fourth-order valence-corrected chi connectivity index (χ4v) is 3.41. The number of aromatic nitrogens is 2. The van der Waals surface area contributed by atoms with Crippen LogP contribution in [0.4, 0.5) is 0 Å². The van der Waals surface area contributed by atoms with Gasteiger partial charge < -0.3 is 4.52 Å². The zero-order valence-corrected chi connectivity index (χ0v) is 14.8. The average molecular weight is 330 g/mol. The molecule has 1 aromatic heterocycles. The van der Waals surface area contributed by atoms with E-state index in [1.807, 2.05) is 6.92 Å². The first-order valence-corrected chi connectivity index (χ1v) is 9.51. The summed E-state index contributed by atoms with van der Waals surface area (Å²) in [6.07, 6.45) is 2.78. The van der Waals surface area contributed by atoms with Crippen molar-refractivity contribution in [3.63, 3.8) is 0 Å². The van der Waals surface area contributed by atoms with Crippen molar-refractivity contribution < 1.29 is 12.9 Å². The standard InChI is InChI=1S/C14H26N4O3S/c1-10(12-15-13(16-21-12)14(2,3)4)18-8-6-11(7-9-18)17-22(5,19)20/h10-11,17H,6-9H2,1-5H3/t10-/m0/s1. The highest BCUT2D eigenvalue weighted by atomic mass is 32.2. The molecule has 2 heterocycles. The van der Waals surface area contributed by atoms with Gasteiger partial charge in [0.25, 0.3) is 0 Å². The molecule has 0 aromatic carbocycles. The van der Waals surface area contributed by atoms with Crippen LogP contribution >= 0.6 is 0 Å². The summed E-state index contributed by atoms with van der Waals surface area (Å²) < 4.78 is 30.6. The van der Waals surface area contributed by atoms with Gasteiger partial charge in [0.15, 0.2) is 5.82 Å². The predicted octanol–water partition coefficient (Wildman–Crippen LogP) is 1.44. The molecule has 0 unspecified atom stereocenters. The van der Waals surface area contributed by atoms with E-state index in [4.69, 9.17) is 4.52 Å². The first kappa shape index (κ1) is 17.4. The van der Waals surface area contributed by atoms with Crippen molar-refractivity contribution in [1.29, 1.82) is 0 Å². The topological polar surface area (TPSA) is 88.3 Å². The van der Waals surface area contributed by atoms with Crippen LogP contribution < -0.4 is 4.72 Å². The molecule has 1 aliphatic heterocycles. The van der Waals surface area contributed by atoms with Crippen molar-refractivity contribution in [3.05, 3.63) is 11.7 Å². The highest BCUT2D eigenvalue weighted by Crippen LogP contribution is 2.26. The molecule has 2 rings (SSSR count). The quantitative estimate of drug-likeness (QED) is 0.899. The van der Waals surface area contributed by atoms with Crippen LogP contribution in [0.1, 0.15) is 58.3 Å². The summed E-state index contributed by atoms with van der Waals surface area (Å²) in [4.78, 5) is 6.75. The van der Waals surface area contributed by atoms with Gasteiger partial charge in [0.05, 0.1) is 12.3 Å². The molecule has 0 saturated carbocycles. The van der Waals surface area contributed by atoms with E-state index >= 15 is 0 Å². The molecule has 1 aliphatic rings. The van der Waals surface area contributed by atoms with Crippen LogP contribution in [-0.2, 0) is 15.4 Å². The molecule has 22 heavy (non-hydrogen) atoms. The fraction of sp³-hybridized carbons (Fsp3) is 0.857. The molecule has 0 aliphatic carbocycles. The van der Waals surface area contributed by atoms with Gasteiger partial charge in [-0.1, -0.05) is 25.9 Å². The maximum Gasteiger partial charge on any atom is 0.243 e. The Morgan fingerprint density at radius 1 is 1.32 bits per heavy atom. The summed E-state index contributed by atoms with van der Waals surface area (Å²) >= 11 is 0. The maximum atomic E-state index is 11.3. The number of rotatable bonds is 4. The maximum absolute atomic E-state index is 11.3. The van der Waals surface area contributed by atoms with Gasteiger partial charge in [-0.05, 0) is 19.8 Å². The van der Waals surface area contributed by atoms with Crippen molar-refractivity contribution in [2.75, 3.05) is 19.3 Å². The van der Waals surface area contributed by atoms with Crippen LogP contribution in [0, 0.1) is 0 Å². The zero-order chi connectivity index (χ0) is 16.5. The van der Waals surface area contributed by atoms with Gasteiger partial charge in [0, 0.05) is 24.5 Å². The van der Waals surface area contributed by atoms with Crippen molar-refractivity contribution >= 4 is 10.0 Å². The number of nitrogens with zero attached hydrogens (tertiary/aromatic N) is 3. The van der Waals surface area contributed by atoms with Gasteiger partial charge in [0.2, 0.25) is 15.9 Å². The van der Waals surface area contributed by atoms with Crippen molar-refractivity contribution in [3.8, 4) is 0 Å². The lowest BCUT2D eigenvalue weighted by atomic mass is 9.96. The molecule has 1 saturated heterocycles. The van der Waals surface area contributed by atoms with E-state index in [9.17, 15) is 8.42 Å². The smallest absolute Gasteiger partial charge is 0.243 e. The Bertz CT molecular complexity index is 598. The first-order chi connectivity index (χ1) is 10.1. The monoisotopic (exact) mass is 330 g/mol. The van der Waals surface area contributed by atoms with Crippen LogP contribution in [0.15, 0.2) is 4.52 Å². The molecule has 126 valence electrons. The second-order valence-electron chi connectivity index (χ2n) is 7.08. The molecular formula is C14H26N4O3S. The highest BCUT2D eigenvalue weighted by molar-refractivity contribution is 7.88. The number of sulfonamides is 1. The van der Waals surface area contributed by atoms with Crippen LogP contribution in [0.5, 0.6) is 0 Å². The van der Waals surface area contributed by atoms with Gasteiger partial charge in [-0.2, -0.15) is 4.98 Å². The second kappa shape index (κ2) is 6.25. The molecule has 1 aromatic rings. The Morgan fingerprint density at radius 2 is 1.91 bits per heavy atom. The summed E-state index contributed by atoms with van der Waals surface area (Å²) in [6.45, 7) is 9.81. The molecule has 1 atom stereocenters. The Morgan fingerprint density at radius 3 is 2.36 bits per heavy atom. The minimum absolute atomic E-state index is 0.0197. The lowest BCUT2D eigenvalue weighted by molar-refractivity contribution is 0.134. The highest BCUT2D eigenvalue weighted by Gasteiger charge is 2.29. The van der Waals surface area contributed by atoms with Crippen molar-refractivity contribution in [2.24, 2.45) is 0 Å². The Labute approximate surface area is 132 Å². The van der Waals surface area contributed by atoms with E-state index in [1.54, 1.807) is 0 Å². The van der Waals surface area contributed by atoms with Crippen molar-refractivity contribution in [1.82, 2.24) is 19.8 Å². The Hall–Kier alpha value is -0.990. The predicted molar refractivity (Wildman–Crippen MR) is 84.0 cm³/mol. The van der Waals surface area contributed by atoms with E-state index in [1.165, 1.54) is 6.26 Å². The Kier molecular flexibility index (Phi) is 4.93. The van der Waals surface area contributed by atoms with Gasteiger partial charge in [-0.3, -0.25) is 4.90 Å². The molecule has 0 amide bonds. The summed E-state index contributed by atoms with van der Waals surface area (Å²) in [5, 5.41) is 4.06. The molecule has 0 radical (unpaired) electrons. The summed E-state index contributed by atoms with van der Waals surface area (Å²) in [5.74, 6) is 1.34. The first-order valence-electron chi connectivity index (χ1n) is 7.62. The van der Waals surface area contributed by atoms with Gasteiger partial charge in [-0.25, -0.2) is 13.1 Å². The largest absolute Gasteiger partial charge is 0.338 e. The lowest BCUT2D eigenvalue weighted by Gasteiger charge is -2.34. The van der Waals surface area contributed by atoms with E-state index in [0.717, 1.165) is 25.9 Å². The van der Waals surface area contributed by atoms with Crippen molar-refractivity contribution in [2.45, 2.75) is 58.0 Å². The van der Waals surface area contributed by atoms with Crippen LogP contribution in [0.25, 0.3) is 0 Å². The molecule has 1 N–H and O–H groups in total. The molecule has 7 nitrogen and oxygen atoms in total. The summed E-state index contributed by atoms with van der Waals surface area (Å²) in [7, 11) is -3.14. The van der Waals surface area contributed by atoms with E-state index in [-0.39, 0.29) is 17.5 Å². The number of hydrogen-bond acceptors (Lipinski definition) is 6. The second-order valence-corrected chi connectivity index (χ2v) is 8.86. The Balaban J connectivity index is 1.95. The van der Waals surface area contributed by atoms with E-state index < -0.39 is 10.0 Å². The molecular weight excluding hydrogens is 304 g/mol. The fourth-order valence-electron chi connectivity index (χ4n) is 2.57. The lowest BCUT2D eigenvalue weighted by Crippen LogP contribution is -2.45. The summed E-state index contributed by atoms with van der Waals surface area (Å²) in [5.41, 5.74) is -0.131. The third-order valence-electron chi connectivity index (χ3n) is 3.93. The minimum atomic E-state index is -3.14. The number of likely N-dealkylation sites (tertiary alicyclic amines) is 1. The molecule has 1 fully saturated rings. The normalized spacial score (nSPS) is 20.2. The summed E-state index contributed by atoms with van der Waals surface area (Å²) in [6, 6.07) is 0.0639. The molecule has 8 heteroatoms. The van der Waals surface area contributed by atoms with Crippen LogP contribution in [-0.4, -0.2) is 48.8 Å². The van der Waals surface area contributed by atoms with Gasteiger partial charge in [0.1, 0.15) is 0 Å². The van der Waals surface area contributed by atoms with E-state index in [0.29, 0.717) is 11.7 Å². The number of hydrogen-bond donors (Lipinski definition) is 1. The number of piperidine rings is 1. The minimum Gasteiger partial charge on any atom is -0.338 e. The number of nitrogens with one attached hydrogen (secondary N) is 1. The third kappa shape index (κ3) is 4.50. The SMILES string of the molecule is C[C@@H](c1nc(C(C)(C)C)no1)N1CCC(NS(C)(=O)=O)CC1. The average Bonchev–Trinajstić information content (AvgIpc) is 2.86. The van der Waals surface area contributed by atoms with Crippen LogP contribution in [0.2, 0.25) is 0 Å². The van der Waals surface area contributed by atoms with Crippen LogP contribution in [0.3, 0.4) is 0 Å².